The first kappa shape index (κ1) is 9.90. The molecule has 0 saturated carbocycles. The minimum absolute atomic E-state index is 0.0342. The van der Waals surface area contributed by atoms with Crippen molar-refractivity contribution in [2.75, 3.05) is 7.05 Å². The van der Waals surface area contributed by atoms with Gasteiger partial charge in [0.15, 0.2) is 0 Å². The number of carbonyl (C=O) groups is 2. The molecule has 3 nitrogen and oxygen atoms in total. The Morgan fingerprint density at radius 3 is 2.53 bits per heavy atom. The monoisotopic (exact) mass is 203 g/mol. The predicted molar refractivity (Wildman–Crippen MR) is 56.2 cm³/mol. The quantitative estimate of drug-likeness (QED) is 0.649. The molecule has 0 aromatic heterocycles. The highest BCUT2D eigenvalue weighted by Gasteiger charge is 2.30. The Hall–Kier alpha value is -1.64. The molecule has 1 atom stereocenters. The van der Waals surface area contributed by atoms with E-state index in [0.29, 0.717) is 6.42 Å². The molecular formula is C12H13NO2. The van der Waals surface area contributed by atoms with E-state index in [-0.39, 0.29) is 24.2 Å². The van der Waals surface area contributed by atoms with Gasteiger partial charge < -0.3 is 4.90 Å². The van der Waals surface area contributed by atoms with Crippen LogP contribution < -0.4 is 0 Å². The van der Waals surface area contributed by atoms with E-state index >= 15 is 0 Å². The molecule has 0 spiro atoms. The van der Waals surface area contributed by atoms with Crippen molar-refractivity contribution in [2.45, 2.75) is 18.9 Å². The fraction of sp³-hybridized carbons (Fsp3) is 0.333. The van der Waals surface area contributed by atoms with Gasteiger partial charge in [0, 0.05) is 13.5 Å². The lowest BCUT2D eigenvalue weighted by atomic mass is 9.95. The highest BCUT2D eigenvalue weighted by atomic mass is 16.2. The summed E-state index contributed by atoms with van der Waals surface area (Å²) in [6.07, 6.45) is 0.492. The third-order valence-electron chi connectivity index (χ3n) is 2.81. The maximum absolute atomic E-state index is 11.5. The smallest absolute Gasteiger partial charge is 0.230 e. The Morgan fingerprint density at radius 1 is 1.20 bits per heavy atom. The van der Waals surface area contributed by atoms with Crippen molar-refractivity contribution in [3.05, 3.63) is 35.9 Å². The standard InChI is InChI=1S/C12H13NO2/c1-13-11(7-10(14)8-12(13)15)9-5-3-2-4-6-9/h2-6,11H,7-8H2,1H3. The molecule has 0 aliphatic carbocycles. The average Bonchev–Trinajstić information content (AvgIpc) is 2.24. The molecule has 0 radical (unpaired) electrons. The zero-order chi connectivity index (χ0) is 10.8. The van der Waals surface area contributed by atoms with Crippen molar-refractivity contribution in [1.29, 1.82) is 0 Å². The molecule has 1 aromatic carbocycles. The van der Waals surface area contributed by atoms with Crippen LogP contribution in [0.1, 0.15) is 24.4 Å². The molecule has 1 saturated heterocycles. The number of hydrogen-bond donors (Lipinski definition) is 0. The molecule has 2 rings (SSSR count). The number of nitrogens with zero attached hydrogens (tertiary/aromatic N) is 1. The molecule has 15 heavy (non-hydrogen) atoms. The molecular weight excluding hydrogens is 190 g/mol. The number of hydrogen-bond acceptors (Lipinski definition) is 2. The van der Waals surface area contributed by atoms with Gasteiger partial charge in [0.25, 0.3) is 0 Å². The van der Waals surface area contributed by atoms with Gasteiger partial charge in [-0.05, 0) is 5.56 Å². The van der Waals surface area contributed by atoms with Gasteiger partial charge >= 0.3 is 0 Å². The summed E-state index contributed by atoms with van der Waals surface area (Å²) in [6, 6.07) is 9.59. The van der Waals surface area contributed by atoms with Gasteiger partial charge in [-0.15, -0.1) is 0 Å². The summed E-state index contributed by atoms with van der Waals surface area (Å²) in [5, 5.41) is 0. The van der Waals surface area contributed by atoms with E-state index in [9.17, 15) is 9.59 Å². The minimum atomic E-state index is -0.0834. The summed E-state index contributed by atoms with van der Waals surface area (Å²) in [5.74, 6) is -0.0490. The Bertz CT molecular complexity index is 386. The highest BCUT2D eigenvalue weighted by molar-refractivity contribution is 6.00. The van der Waals surface area contributed by atoms with Crippen LogP contribution in [0.5, 0.6) is 0 Å². The molecule has 0 bridgehead atoms. The first-order chi connectivity index (χ1) is 7.18. The summed E-state index contributed by atoms with van der Waals surface area (Å²) < 4.78 is 0. The Kier molecular flexibility index (Phi) is 2.54. The summed E-state index contributed by atoms with van der Waals surface area (Å²) in [7, 11) is 1.76. The van der Waals surface area contributed by atoms with Crippen LogP contribution in [-0.4, -0.2) is 23.6 Å². The van der Waals surface area contributed by atoms with Crippen molar-refractivity contribution in [1.82, 2.24) is 4.90 Å². The summed E-state index contributed by atoms with van der Waals surface area (Å²) in [4.78, 5) is 24.5. The molecule has 1 amide bonds. The van der Waals surface area contributed by atoms with Crippen LogP contribution in [0.25, 0.3) is 0 Å². The Morgan fingerprint density at radius 2 is 1.87 bits per heavy atom. The van der Waals surface area contributed by atoms with E-state index in [2.05, 4.69) is 0 Å². The number of piperidine rings is 1. The maximum atomic E-state index is 11.5. The SMILES string of the molecule is CN1C(=O)CC(=O)CC1c1ccccc1. The predicted octanol–water partition coefficient (Wildman–Crippen LogP) is 1.55. The molecule has 1 fully saturated rings. The van der Waals surface area contributed by atoms with Crippen LogP contribution in [0.2, 0.25) is 0 Å². The van der Waals surface area contributed by atoms with Crippen LogP contribution in [-0.2, 0) is 9.59 Å². The fourth-order valence-corrected chi connectivity index (χ4v) is 1.91. The van der Waals surface area contributed by atoms with Gasteiger partial charge in [0.05, 0.1) is 12.5 Å². The Balaban J connectivity index is 2.28. The average molecular weight is 203 g/mol. The number of benzene rings is 1. The van der Waals surface area contributed by atoms with Crippen LogP contribution in [0, 0.1) is 0 Å². The topological polar surface area (TPSA) is 37.4 Å². The zero-order valence-electron chi connectivity index (χ0n) is 8.64. The van der Waals surface area contributed by atoms with E-state index in [0.717, 1.165) is 5.56 Å². The van der Waals surface area contributed by atoms with Crippen molar-refractivity contribution >= 4 is 11.7 Å². The number of rotatable bonds is 1. The van der Waals surface area contributed by atoms with E-state index in [1.165, 1.54) is 0 Å². The molecule has 1 aliphatic heterocycles. The maximum Gasteiger partial charge on any atom is 0.230 e. The third-order valence-corrected chi connectivity index (χ3v) is 2.81. The second kappa shape index (κ2) is 3.85. The minimum Gasteiger partial charge on any atom is -0.338 e. The first-order valence-electron chi connectivity index (χ1n) is 5.01. The highest BCUT2D eigenvalue weighted by Crippen LogP contribution is 2.27. The van der Waals surface area contributed by atoms with Gasteiger partial charge in [-0.25, -0.2) is 0 Å². The number of ketones is 1. The summed E-state index contributed by atoms with van der Waals surface area (Å²) in [5.41, 5.74) is 1.03. The van der Waals surface area contributed by atoms with Gasteiger partial charge in [-0.1, -0.05) is 30.3 Å². The van der Waals surface area contributed by atoms with E-state index in [1.54, 1.807) is 11.9 Å². The van der Waals surface area contributed by atoms with Crippen LogP contribution in [0.4, 0.5) is 0 Å². The summed E-state index contributed by atoms with van der Waals surface area (Å²) >= 11 is 0. The van der Waals surface area contributed by atoms with Gasteiger partial charge in [0.2, 0.25) is 5.91 Å². The molecule has 1 unspecified atom stereocenters. The third kappa shape index (κ3) is 1.91. The van der Waals surface area contributed by atoms with Crippen LogP contribution in [0.3, 0.4) is 0 Å². The molecule has 3 heteroatoms. The fourth-order valence-electron chi connectivity index (χ4n) is 1.91. The van der Waals surface area contributed by atoms with E-state index in [4.69, 9.17) is 0 Å². The van der Waals surface area contributed by atoms with Crippen LogP contribution in [0.15, 0.2) is 30.3 Å². The first-order valence-corrected chi connectivity index (χ1v) is 5.01. The van der Waals surface area contributed by atoms with Crippen LogP contribution >= 0.6 is 0 Å². The lowest BCUT2D eigenvalue weighted by molar-refractivity contribution is -0.141. The Labute approximate surface area is 88.7 Å². The zero-order valence-corrected chi connectivity index (χ0v) is 8.64. The number of carbonyl (C=O) groups excluding carboxylic acids is 2. The van der Waals surface area contributed by atoms with Crippen molar-refractivity contribution in [3.63, 3.8) is 0 Å². The number of Topliss-reactive ketones (excluding diaryl/α,β-unsaturated/α-hetero) is 1. The van der Waals surface area contributed by atoms with E-state index < -0.39 is 0 Å². The van der Waals surface area contributed by atoms with Crippen molar-refractivity contribution in [2.24, 2.45) is 0 Å². The molecule has 78 valence electrons. The lowest BCUT2D eigenvalue weighted by Gasteiger charge is -2.31. The molecule has 0 N–H and O–H groups in total. The number of likely N-dealkylation sites (tertiary alicyclic amines) is 1. The molecule has 1 heterocycles. The molecule has 1 aliphatic rings. The lowest BCUT2D eigenvalue weighted by Crippen LogP contribution is -2.38. The largest absolute Gasteiger partial charge is 0.338 e. The van der Waals surface area contributed by atoms with Gasteiger partial charge in [-0.2, -0.15) is 0 Å². The summed E-state index contributed by atoms with van der Waals surface area (Å²) in [6.45, 7) is 0. The van der Waals surface area contributed by atoms with Gasteiger partial charge in [0.1, 0.15) is 5.78 Å². The molecule has 1 aromatic rings. The number of amides is 1. The normalized spacial score (nSPS) is 21.9. The van der Waals surface area contributed by atoms with Crippen molar-refractivity contribution in [3.8, 4) is 0 Å². The second-order valence-electron chi connectivity index (χ2n) is 3.85. The van der Waals surface area contributed by atoms with Gasteiger partial charge in [-0.3, -0.25) is 9.59 Å². The second-order valence-corrected chi connectivity index (χ2v) is 3.85. The van der Waals surface area contributed by atoms with Crippen molar-refractivity contribution < 1.29 is 9.59 Å². The van der Waals surface area contributed by atoms with E-state index in [1.807, 2.05) is 30.3 Å².